The minimum Gasteiger partial charge on any atom is -0.320 e. The van der Waals surface area contributed by atoms with Crippen LogP contribution in [0.25, 0.3) is 0 Å². The van der Waals surface area contributed by atoms with Gasteiger partial charge in [-0.15, -0.1) is 0 Å². The van der Waals surface area contributed by atoms with Crippen LogP contribution in [0.1, 0.15) is 45.5 Å². The number of aryl methyl sites for hydroxylation is 2. The standard InChI is InChI=1S/C28H28N2S/c1-19-5-3-7-23(17-19)27(29)21-9-13-25(14-10-21)31-26-15-11-22(12-16-26)28(30)24-8-4-6-20(2)18-24/h3-18,27-28H,29-30H2,1-2H3. The second-order valence-corrected chi connectivity index (χ2v) is 9.17. The third kappa shape index (κ3) is 5.26. The maximum atomic E-state index is 6.47. The summed E-state index contributed by atoms with van der Waals surface area (Å²) in [5, 5.41) is 0. The lowest BCUT2D eigenvalue weighted by Gasteiger charge is -2.15. The van der Waals surface area contributed by atoms with E-state index in [1.165, 1.54) is 20.9 Å². The first-order valence-corrected chi connectivity index (χ1v) is 11.3. The Labute approximate surface area is 189 Å². The quantitative estimate of drug-likeness (QED) is 0.369. The third-order valence-electron chi connectivity index (χ3n) is 5.52. The van der Waals surface area contributed by atoms with Gasteiger partial charge in [0.15, 0.2) is 0 Å². The second-order valence-electron chi connectivity index (χ2n) is 8.02. The molecule has 0 radical (unpaired) electrons. The lowest BCUT2D eigenvalue weighted by Crippen LogP contribution is -2.11. The van der Waals surface area contributed by atoms with Crippen molar-refractivity contribution >= 4 is 11.8 Å². The molecule has 0 aliphatic carbocycles. The summed E-state index contributed by atoms with van der Waals surface area (Å²) >= 11 is 1.74. The summed E-state index contributed by atoms with van der Waals surface area (Å²) in [5.74, 6) is 0. The molecule has 0 amide bonds. The second kappa shape index (κ2) is 9.52. The van der Waals surface area contributed by atoms with Crippen LogP contribution in [-0.2, 0) is 0 Å². The Kier molecular flexibility index (Phi) is 6.57. The summed E-state index contributed by atoms with van der Waals surface area (Å²) in [7, 11) is 0. The molecule has 2 atom stereocenters. The van der Waals surface area contributed by atoms with E-state index < -0.39 is 0 Å². The van der Waals surface area contributed by atoms with Gasteiger partial charge in [-0.3, -0.25) is 0 Å². The van der Waals surface area contributed by atoms with Crippen LogP contribution in [0.4, 0.5) is 0 Å². The van der Waals surface area contributed by atoms with E-state index in [0.29, 0.717) is 0 Å². The molecule has 3 heteroatoms. The van der Waals surface area contributed by atoms with Gasteiger partial charge in [0.1, 0.15) is 0 Å². The van der Waals surface area contributed by atoms with Crippen LogP contribution in [0.5, 0.6) is 0 Å². The van der Waals surface area contributed by atoms with Crippen molar-refractivity contribution in [3.8, 4) is 0 Å². The van der Waals surface area contributed by atoms with Gasteiger partial charge >= 0.3 is 0 Å². The van der Waals surface area contributed by atoms with E-state index in [1.54, 1.807) is 11.8 Å². The zero-order chi connectivity index (χ0) is 21.8. The minimum absolute atomic E-state index is 0.110. The van der Waals surface area contributed by atoms with Crippen LogP contribution >= 0.6 is 11.8 Å². The highest BCUT2D eigenvalue weighted by atomic mass is 32.2. The van der Waals surface area contributed by atoms with Crippen molar-refractivity contribution in [2.75, 3.05) is 0 Å². The number of hydrogen-bond acceptors (Lipinski definition) is 3. The summed E-state index contributed by atoms with van der Waals surface area (Å²) in [5.41, 5.74) is 19.9. The minimum atomic E-state index is -0.110. The van der Waals surface area contributed by atoms with Crippen molar-refractivity contribution in [1.29, 1.82) is 0 Å². The molecule has 0 saturated carbocycles. The lowest BCUT2D eigenvalue weighted by atomic mass is 9.98. The first-order chi connectivity index (χ1) is 15.0. The van der Waals surface area contributed by atoms with Crippen molar-refractivity contribution in [1.82, 2.24) is 0 Å². The Bertz CT molecular complexity index is 1060. The van der Waals surface area contributed by atoms with Gasteiger partial charge in [0.05, 0.1) is 12.1 Å². The molecule has 0 aliphatic rings. The van der Waals surface area contributed by atoms with Gasteiger partial charge in [-0.25, -0.2) is 0 Å². The summed E-state index contributed by atoms with van der Waals surface area (Å²) in [6.07, 6.45) is 0. The van der Waals surface area contributed by atoms with E-state index in [0.717, 1.165) is 22.3 Å². The first-order valence-electron chi connectivity index (χ1n) is 10.5. The van der Waals surface area contributed by atoms with E-state index in [4.69, 9.17) is 11.5 Å². The molecule has 2 unspecified atom stereocenters. The molecule has 31 heavy (non-hydrogen) atoms. The fraction of sp³-hybridized carbons (Fsp3) is 0.143. The highest BCUT2D eigenvalue weighted by Crippen LogP contribution is 2.31. The summed E-state index contributed by atoms with van der Waals surface area (Å²) in [6.45, 7) is 4.18. The zero-order valence-corrected chi connectivity index (χ0v) is 18.8. The van der Waals surface area contributed by atoms with Gasteiger partial charge < -0.3 is 11.5 Å². The highest BCUT2D eigenvalue weighted by Gasteiger charge is 2.11. The Morgan fingerprint density at radius 1 is 0.516 bits per heavy atom. The highest BCUT2D eigenvalue weighted by molar-refractivity contribution is 7.99. The topological polar surface area (TPSA) is 52.0 Å². The zero-order valence-electron chi connectivity index (χ0n) is 18.0. The number of nitrogens with two attached hydrogens (primary N) is 2. The molecule has 4 N–H and O–H groups in total. The fourth-order valence-corrected chi connectivity index (χ4v) is 4.55. The molecule has 0 aromatic heterocycles. The molecule has 4 aromatic rings. The molecule has 0 saturated heterocycles. The van der Waals surface area contributed by atoms with Gasteiger partial charge in [-0.2, -0.15) is 0 Å². The van der Waals surface area contributed by atoms with Gasteiger partial charge in [0, 0.05) is 9.79 Å². The van der Waals surface area contributed by atoms with Crippen molar-refractivity contribution in [2.24, 2.45) is 11.5 Å². The van der Waals surface area contributed by atoms with Crippen molar-refractivity contribution < 1.29 is 0 Å². The van der Waals surface area contributed by atoms with E-state index in [9.17, 15) is 0 Å². The van der Waals surface area contributed by atoms with E-state index in [1.807, 2.05) is 0 Å². The van der Waals surface area contributed by atoms with Crippen LogP contribution in [0.3, 0.4) is 0 Å². The SMILES string of the molecule is Cc1cccc(C(N)c2ccc(Sc3ccc(C(N)c4cccc(C)c4)cc3)cc2)c1. The largest absolute Gasteiger partial charge is 0.320 e. The van der Waals surface area contributed by atoms with Crippen molar-refractivity contribution in [3.63, 3.8) is 0 Å². The molecule has 156 valence electrons. The average Bonchev–Trinajstić information content (AvgIpc) is 2.79. The molecule has 4 aromatic carbocycles. The molecule has 0 bridgehead atoms. The van der Waals surface area contributed by atoms with E-state index in [-0.39, 0.29) is 12.1 Å². The van der Waals surface area contributed by atoms with Crippen LogP contribution in [0, 0.1) is 13.8 Å². The predicted octanol–water partition coefficient (Wildman–Crippen LogP) is 6.55. The lowest BCUT2D eigenvalue weighted by molar-refractivity contribution is 0.867. The monoisotopic (exact) mass is 424 g/mol. The van der Waals surface area contributed by atoms with Crippen LogP contribution in [0.15, 0.2) is 107 Å². The molecule has 4 rings (SSSR count). The predicted molar refractivity (Wildman–Crippen MR) is 131 cm³/mol. The Morgan fingerprint density at radius 3 is 1.26 bits per heavy atom. The van der Waals surface area contributed by atoms with Gasteiger partial charge in [0.25, 0.3) is 0 Å². The van der Waals surface area contributed by atoms with Gasteiger partial charge in [-0.1, -0.05) is 95.7 Å². The molecule has 0 aliphatic heterocycles. The summed E-state index contributed by atoms with van der Waals surface area (Å²) in [4.78, 5) is 2.38. The summed E-state index contributed by atoms with van der Waals surface area (Å²) in [6, 6.07) is 33.6. The van der Waals surface area contributed by atoms with E-state index >= 15 is 0 Å². The van der Waals surface area contributed by atoms with Crippen LogP contribution in [0.2, 0.25) is 0 Å². The third-order valence-corrected chi connectivity index (χ3v) is 6.53. The normalized spacial score (nSPS) is 13.0. The maximum Gasteiger partial charge on any atom is 0.0551 e. The molecule has 0 fully saturated rings. The van der Waals surface area contributed by atoms with Crippen LogP contribution in [-0.4, -0.2) is 0 Å². The maximum absolute atomic E-state index is 6.47. The number of benzene rings is 4. The number of hydrogen-bond donors (Lipinski definition) is 2. The fourth-order valence-electron chi connectivity index (χ4n) is 3.73. The number of rotatable bonds is 6. The van der Waals surface area contributed by atoms with Gasteiger partial charge in [0.2, 0.25) is 0 Å². The molecule has 0 spiro atoms. The molecular weight excluding hydrogens is 396 g/mol. The first kappa shape index (κ1) is 21.4. The molecule has 0 heterocycles. The Balaban J connectivity index is 1.43. The molecule has 2 nitrogen and oxygen atoms in total. The summed E-state index contributed by atoms with van der Waals surface area (Å²) < 4.78 is 0. The Morgan fingerprint density at radius 2 is 0.903 bits per heavy atom. The van der Waals surface area contributed by atoms with E-state index in [2.05, 4.69) is 111 Å². The smallest absolute Gasteiger partial charge is 0.0551 e. The van der Waals surface area contributed by atoms with Crippen molar-refractivity contribution in [3.05, 3.63) is 130 Å². The van der Waals surface area contributed by atoms with Crippen molar-refractivity contribution in [2.45, 2.75) is 35.7 Å². The molecular formula is C28H28N2S. The van der Waals surface area contributed by atoms with Gasteiger partial charge in [-0.05, 0) is 60.4 Å². The average molecular weight is 425 g/mol. The van der Waals surface area contributed by atoms with Crippen LogP contribution < -0.4 is 11.5 Å². The Hall–Kier alpha value is -2.85.